The molecule has 1 amide bonds. The van der Waals surface area contributed by atoms with Gasteiger partial charge in [0, 0.05) is 19.2 Å². The topological polar surface area (TPSA) is 119 Å². The van der Waals surface area contributed by atoms with Gasteiger partial charge >= 0.3 is 5.69 Å². The number of hydrogen-bond donors (Lipinski definition) is 4. The number of aromatic amines is 3. The molecule has 0 aliphatic rings. The molecular weight excluding hydrogens is 224 g/mol. The van der Waals surface area contributed by atoms with Crippen LogP contribution < -0.4 is 11.0 Å². The van der Waals surface area contributed by atoms with Crippen molar-refractivity contribution in [3.05, 3.63) is 34.5 Å². The first-order valence-corrected chi connectivity index (χ1v) is 5.16. The van der Waals surface area contributed by atoms with Gasteiger partial charge in [0.1, 0.15) is 17.8 Å². The molecule has 0 aliphatic heterocycles. The molecule has 0 saturated carbocycles. The summed E-state index contributed by atoms with van der Waals surface area (Å²) in [7, 11) is 0. The Labute approximate surface area is 95.9 Å². The van der Waals surface area contributed by atoms with E-state index in [1.54, 1.807) is 0 Å². The summed E-state index contributed by atoms with van der Waals surface area (Å²) in [6.45, 7) is 0.507. The first-order chi connectivity index (χ1) is 8.25. The Morgan fingerprint density at radius 3 is 3.00 bits per heavy atom. The van der Waals surface area contributed by atoms with Gasteiger partial charge in [-0.25, -0.2) is 9.78 Å². The molecular formula is C9H12N6O2. The number of aromatic nitrogens is 5. The molecule has 0 unspecified atom stereocenters. The van der Waals surface area contributed by atoms with Gasteiger partial charge in [-0.3, -0.25) is 9.89 Å². The van der Waals surface area contributed by atoms with Crippen LogP contribution in [0.25, 0.3) is 0 Å². The smallest absolute Gasteiger partial charge is 0.323 e. The third-order valence-electron chi connectivity index (χ3n) is 2.18. The Kier molecular flexibility index (Phi) is 3.34. The normalized spacial score (nSPS) is 10.4. The van der Waals surface area contributed by atoms with Crippen LogP contribution in [-0.2, 0) is 6.42 Å². The number of aryl methyl sites for hydroxylation is 1. The molecule has 0 radical (unpaired) electrons. The van der Waals surface area contributed by atoms with Crippen molar-refractivity contribution in [1.82, 2.24) is 30.5 Å². The monoisotopic (exact) mass is 236 g/mol. The van der Waals surface area contributed by atoms with E-state index in [-0.39, 0.29) is 11.6 Å². The highest BCUT2D eigenvalue weighted by Crippen LogP contribution is 1.93. The first-order valence-electron chi connectivity index (χ1n) is 5.16. The minimum Gasteiger partial charge on any atom is -0.351 e. The lowest BCUT2D eigenvalue weighted by atomic mass is 10.3. The van der Waals surface area contributed by atoms with E-state index in [0.717, 1.165) is 12.2 Å². The molecule has 0 aliphatic carbocycles. The van der Waals surface area contributed by atoms with E-state index in [2.05, 4.69) is 30.5 Å². The van der Waals surface area contributed by atoms with Crippen molar-refractivity contribution < 1.29 is 4.79 Å². The molecule has 0 saturated heterocycles. The third-order valence-corrected chi connectivity index (χ3v) is 2.18. The molecule has 2 aromatic rings. The van der Waals surface area contributed by atoms with Gasteiger partial charge < -0.3 is 15.3 Å². The van der Waals surface area contributed by atoms with E-state index in [1.807, 2.05) is 0 Å². The van der Waals surface area contributed by atoms with Gasteiger partial charge in [-0.05, 0) is 6.42 Å². The molecule has 2 heterocycles. The third kappa shape index (κ3) is 3.03. The molecule has 90 valence electrons. The lowest BCUT2D eigenvalue weighted by Gasteiger charge is -2.01. The van der Waals surface area contributed by atoms with E-state index in [1.165, 1.54) is 12.5 Å². The van der Waals surface area contributed by atoms with Crippen LogP contribution in [0.5, 0.6) is 0 Å². The van der Waals surface area contributed by atoms with Crippen molar-refractivity contribution in [1.29, 1.82) is 0 Å². The Balaban J connectivity index is 1.72. The number of nitrogens with zero attached hydrogens (tertiary/aromatic N) is 2. The Bertz CT molecular complexity index is 526. The number of carbonyl (C=O) groups is 1. The van der Waals surface area contributed by atoms with Crippen LogP contribution in [-0.4, -0.2) is 37.6 Å². The van der Waals surface area contributed by atoms with E-state index in [9.17, 15) is 9.59 Å². The minimum atomic E-state index is -0.392. The molecule has 4 N–H and O–H groups in total. The van der Waals surface area contributed by atoms with Crippen LogP contribution in [0.3, 0.4) is 0 Å². The van der Waals surface area contributed by atoms with Crippen molar-refractivity contribution in [3.63, 3.8) is 0 Å². The van der Waals surface area contributed by atoms with Crippen LogP contribution in [0.1, 0.15) is 22.7 Å². The number of carbonyl (C=O) groups excluding carboxylic acids is 1. The van der Waals surface area contributed by atoms with Gasteiger partial charge in [-0.1, -0.05) is 0 Å². The average Bonchev–Trinajstić information content (AvgIpc) is 2.95. The van der Waals surface area contributed by atoms with Crippen molar-refractivity contribution in [2.45, 2.75) is 12.8 Å². The zero-order chi connectivity index (χ0) is 12.1. The second-order valence-electron chi connectivity index (χ2n) is 3.45. The fourth-order valence-electron chi connectivity index (χ4n) is 1.36. The van der Waals surface area contributed by atoms with Gasteiger partial charge in [0.25, 0.3) is 5.91 Å². The molecule has 2 aromatic heterocycles. The SMILES string of the molecule is O=C(NCCCc1ncn[nH]1)c1c[nH]c(=O)[nH]1. The molecule has 17 heavy (non-hydrogen) atoms. The predicted octanol–water partition coefficient (Wildman–Crippen LogP) is -0.816. The average molecular weight is 236 g/mol. The van der Waals surface area contributed by atoms with Crippen LogP contribution >= 0.6 is 0 Å². The quantitative estimate of drug-likeness (QED) is 0.507. The maximum atomic E-state index is 11.5. The zero-order valence-corrected chi connectivity index (χ0v) is 8.99. The summed E-state index contributed by atoms with van der Waals surface area (Å²) in [5, 5.41) is 9.14. The molecule has 0 fully saturated rings. The van der Waals surface area contributed by atoms with Crippen molar-refractivity contribution in [2.75, 3.05) is 6.54 Å². The first kappa shape index (κ1) is 11.1. The Hall–Kier alpha value is -2.38. The fraction of sp³-hybridized carbons (Fsp3) is 0.333. The lowest BCUT2D eigenvalue weighted by Crippen LogP contribution is -2.25. The highest BCUT2D eigenvalue weighted by molar-refractivity contribution is 5.91. The Morgan fingerprint density at radius 2 is 2.35 bits per heavy atom. The van der Waals surface area contributed by atoms with Crippen molar-refractivity contribution in [3.8, 4) is 0 Å². The fourth-order valence-corrected chi connectivity index (χ4v) is 1.36. The number of hydrogen-bond acceptors (Lipinski definition) is 4. The van der Waals surface area contributed by atoms with Crippen molar-refractivity contribution >= 4 is 5.91 Å². The molecule has 8 nitrogen and oxygen atoms in total. The second-order valence-corrected chi connectivity index (χ2v) is 3.45. The number of imidazole rings is 1. The predicted molar refractivity (Wildman–Crippen MR) is 58.5 cm³/mol. The summed E-state index contributed by atoms with van der Waals surface area (Å²) in [6, 6.07) is 0. The van der Waals surface area contributed by atoms with Crippen LogP contribution in [0.2, 0.25) is 0 Å². The van der Waals surface area contributed by atoms with E-state index in [4.69, 9.17) is 0 Å². The summed E-state index contributed by atoms with van der Waals surface area (Å²) in [5.74, 6) is 0.482. The second kappa shape index (κ2) is 5.10. The summed E-state index contributed by atoms with van der Waals surface area (Å²) >= 11 is 0. The number of H-pyrrole nitrogens is 3. The molecule has 0 atom stereocenters. The van der Waals surface area contributed by atoms with Gasteiger partial charge in [0.05, 0.1) is 0 Å². The molecule has 0 spiro atoms. The molecule has 0 aromatic carbocycles. The van der Waals surface area contributed by atoms with Crippen LogP contribution in [0, 0.1) is 0 Å². The maximum Gasteiger partial charge on any atom is 0.323 e. The van der Waals surface area contributed by atoms with Gasteiger partial charge in [-0.2, -0.15) is 5.10 Å². The van der Waals surface area contributed by atoms with Gasteiger partial charge in [0.2, 0.25) is 0 Å². The zero-order valence-electron chi connectivity index (χ0n) is 8.99. The van der Waals surface area contributed by atoms with Gasteiger partial charge in [-0.15, -0.1) is 0 Å². The summed E-state index contributed by atoms with van der Waals surface area (Å²) in [6.07, 6.45) is 4.24. The number of amides is 1. The molecule has 8 heteroatoms. The lowest BCUT2D eigenvalue weighted by molar-refractivity contribution is 0.0948. The van der Waals surface area contributed by atoms with E-state index >= 15 is 0 Å². The maximum absolute atomic E-state index is 11.5. The highest BCUT2D eigenvalue weighted by Gasteiger charge is 2.06. The van der Waals surface area contributed by atoms with E-state index in [0.29, 0.717) is 13.0 Å². The van der Waals surface area contributed by atoms with Crippen molar-refractivity contribution in [2.24, 2.45) is 0 Å². The summed E-state index contributed by atoms with van der Waals surface area (Å²) in [4.78, 5) is 31.0. The number of rotatable bonds is 5. The number of nitrogens with one attached hydrogen (secondary N) is 4. The summed E-state index contributed by atoms with van der Waals surface area (Å²) in [5.41, 5.74) is -0.161. The van der Waals surface area contributed by atoms with Crippen LogP contribution in [0.15, 0.2) is 17.3 Å². The van der Waals surface area contributed by atoms with Crippen LogP contribution in [0.4, 0.5) is 0 Å². The summed E-state index contributed by atoms with van der Waals surface area (Å²) < 4.78 is 0. The van der Waals surface area contributed by atoms with Gasteiger partial charge in [0.15, 0.2) is 0 Å². The highest BCUT2D eigenvalue weighted by atomic mass is 16.2. The van der Waals surface area contributed by atoms with E-state index < -0.39 is 5.69 Å². The Morgan fingerprint density at radius 1 is 1.47 bits per heavy atom. The molecule has 2 rings (SSSR count). The minimum absolute atomic E-state index is 0.231. The largest absolute Gasteiger partial charge is 0.351 e. The molecule has 0 bridgehead atoms. The standard InChI is InChI=1S/C9H12N6O2/c16-8(6-4-11-9(17)14-6)10-3-1-2-7-12-5-13-15-7/h4-5H,1-3H2,(H,10,16)(H2,11,14,17)(H,12,13,15).